The molecule has 1 aromatic carbocycles. The Morgan fingerprint density at radius 1 is 1.22 bits per heavy atom. The fraction of sp³-hybridized carbons (Fsp3) is 0.333. The van der Waals surface area contributed by atoms with Crippen molar-refractivity contribution in [1.29, 1.82) is 0 Å². The lowest BCUT2D eigenvalue weighted by Gasteiger charge is -2.36. The third kappa shape index (κ3) is 2.71. The Labute approximate surface area is 139 Å². The molecule has 0 aliphatic carbocycles. The summed E-state index contributed by atoms with van der Waals surface area (Å²) in [7, 11) is 0. The standard InChI is InChI=1S/C18H19N3OS/c1-2-13-12-22-10-9-21(13)18-14-6-3-4-7-15(14)19-17(20-18)16-8-5-11-23-16/h3-8,11,13H,2,9-10,12H2,1H3. The highest BCUT2D eigenvalue weighted by molar-refractivity contribution is 7.13. The largest absolute Gasteiger partial charge is 0.377 e. The van der Waals surface area contributed by atoms with E-state index in [1.165, 1.54) is 0 Å². The average molecular weight is 325 g/mol. The molecule has 0 bridgehead atoms. The molecule has 4 nitrogen and oxygen atoms in total. The highest BCUT2D eigenvalue weighted by Crippen LogP contribution is 2.31. The van der Waals surface area contributed by atoms with E-state index in [1.54, 1.807) is 11.3 Å². The third-order valence-corrected chi connectivity index (χ3v) is 5.16. The lowest BCUT2D eigenvalue weighted by atomic mass is 10.1. The SMILES string of the molecule is CCC1COCCN1c1nc(-c2cccs2)nc2ccccc12. The summed E-state index contributed by atoms with van der Waals surface area (Å²) in [5.41, 5.74) is 1.00. The van der Waals surface area contributed by atoms with Gasteiger partial charge >= 0.3 is 0 Å². The van der Waals surface area contributed by atoms with E-state index in [-0.39, 0.29) is 0 Å². The Kier molecular flexibility index (Phi) is 3.97. The summed E-state index contributed by atoms with van der Waals surface area (Å²) in [6.45, 7) is 4.60. The smallest absolute Gasteiger partial charge is 0.172 e. The Balaban J connectivity index is 1.89. The summed E-state index contributed by atoms with van der Waals surface area (Å²) in [6.07, 6.45) is 1.05. The number of morpholine rings is 1. The van der Waals surface area contributed by atoms with Crippen molar-refractivity contribution < 1.29 is 4.74 Å². The Morgan fingerprint density at radius 3 is 2.96 bits per heavy atom. The summed E-state index contributed by atoms with van der Waals surface area (Å²) < 4.78 is 5.66. The van der Waals surface area contributed by atoms with Gasteiger partial charge in [-0.1, -0.05) is 25.1 Å². The first-order valence-electron chi connectivity index (χ1n) is 8.02. The molecular weight excluding hydrogens is 306 g/mol. The summed E-state index contributed by atoms with van der Waals surface area (Å²) in [6, 6.07) is 12.8. The molecule has 118 valence electrons. The second kappa shape index (κ2) is 6.26. The fourth-order valence-corrected chi connectivity index (χ4v) is 3.72. The van der Waals surface area contributed by atoms with Crippen molar-refractivity contribution in [2.24, 2.45) is 0 Å². The zero-order valence-corrected chi connectivity index (χ0v) is 13.9. The first kappa shape index (κ1) is 14.6. The number of hydrogen-bond acceptors (Lipinski definition) is 5. The monoisotopic (exact) mass is 325 g/mol. The summed E-state index contributed by atoms with van der Waals surface area (Å²) in [5.74, 6) is 1.85. The van der Waals surface area contributed by atoms with E-state index in [0.29, 0.717) is 6.04 Å². The molecule has 1 fully saturated rings. The van der Waals surface area contributed by atoms with Crippen LogP contribution < -0.4 is 4.90 Å². The van der Waals surface area contributed by atoms with Crippen LogP contribution in [0.3, 0.4) is 0 Å². The molecule has 0 N–H and O–H groups in total. The molecule has 0 amide bonds. The van der Waals surface area contributed by atoms with E-state index >= 15 is 0 Å². The van der Waals surface area contributed by atoms with Crippen LogP contribution in [-0.2, 0) is 4.74 Å². The van der Waals surface area contributed by atoms with Gasteiger partial charge < -0.3 is 9.64 Å². The lowest BCUT2D eigenvalue weighted by molar-refractivity contribution is 0.0927. The van der Waals surface area contributed by atoms with Gasteiger partial charge in [-0.25, -0.2) is 9.97 Å². The van der Waals surface area contributed by atoms with E-state index in [1.807, 2.05) is 12.1 Å². The molecule has 1 aliphatic heterocycles. The van der Waals surface area contributed by atoms with Gasteiger partial charge in [0.05, 0.1) is 29.6 Å². The van der Waals surface area contributed by atoms with Gasteiger partial charge in [-0.3, -0.25) is 0 Å². The van der Waals surface area contributed by atoms with Crippen LogP contribution in [0.15, 0.2) is 41.8 Å². The van der Waals surface area contributed by atoms with Crippen molar-refractivity contribution in [3.05, 3.63) is 41.8 Å². The molecule has 0 spiro atoms. The molecule has 2 aromatic heterocycles. The van der Waals surface area contributed by atoms with Crippen LogP contribution in [-0.4, -0.2) is 35.8 Å². The molecule has 3 aromatic rings. The molecule has 1 atom stereocenters. The number of hydrogen-bond donors (Lipinski definition) is 0. The zero-order valence-electron chi connectivity index (χ0n) is 13.1. The first-order valence-corrected chi connectivity index (χ1v) is 8.90. The number of para-hydroxylation sites is 1. The molecule has 0 radical (unpaired) electrons. The minimum Gasteiger partial charge on any atom is -0.377 e. The van der Waals surface area contributed by atoms with Crippen LogP contribution in [0.1, 0.15) is 13.3 Å². The molecule has 1 aliphatic rings. The molecule has 5 heteroatoms. The van der Waals surface area contributed by atoms with Crippen molar-refractivity contribution in [3.63, 3.8) is 0 Å². The zero-order chi connectivity index (χ0) is 15.6. The Hall–Kier alpha value is -1.98. The molecule has 4 rings (SSSR count). The van der Waals surface area contributed by atoms with Gasteiger partial charge in [-0.15, -0.1) is 11.3 Å². The Morgan fingerprint density at radius 2 is 2.13 bits per heavy atom. The summed E-state index contributed by atoms with van der Waals surface area (Å²) in [5, 5.41) is 3.19. The predicted octanol–water partition coefficient (Wildman–Crippen LogP) is 3.97. The molecule has 1 unspecified atom stereocenters. The van der Waals surface area contributed by atoms with Crippen molar-refractivity contribution in [3.8, 4) is 10.7 Å². The second-order valence-corrected chi connectivity index (χ2v) is 6.64. The maximum absolute atomic E-state index is 5.66. The van der Waals surface area contributed by atoms with Crippen LogP contribution in [0.5, 0.6) is 0 Å². The normalized spacial score (nSPS) is 18.5. The van der Waals surface area contributed by atoms with Gasteiger partial charge in [0.2, 0.25) is 0 Å². The Bertz CT molecular complexity index is 803. The predicted molar refractivity (Wildman–Crippen MR) is 95.1 cm³/mol. The molecule has 23 heavy (non-hydrogen) atoms. The van der Waals surface area contributed by atoms with Crippen molar-refractivity contribution >= 4 is 28.1 Å². The van der Waals surface area contributed by atoms with E-state index in [9.17, 15) is 0 Å². The second-order valence-electron chi connectivity index (χ2n) is 5.70. The lowest BCUT2D eigenvalue weighted by Crippen LogP contribution is -2.45. The van der Waals surface area contributed by atoms with Crippen LogP contribution in [0, 0.1) is 0 Å². The van der Waals surface area contributed by atoms with E-state index in [4.69, 9.17) is 14.7 Å². The fourth-order valence-electron chi connectivity index (χ4n) is 3.07. The van der Waals surface area contributed by atoms with Crippen LogP contribution in [0.25, 0.3) is 21.6 Å². The van der Waals surface area contributed by atoms with Gasteiger partial charge in [0, 0.05) is 11.9 Å². The number of anilines is 1. The topological polar surface area (TPSA) is 38.2 Å². The van der Waals surface area contributed by atoms with Crippen LogP contribution >= 0.6 is 11.3 Å². The van der Waals surface area contributed by atoms with Crippen LogP contribution in [0.2, 0.25) is 0 Å². The average Bonchev–Trinajstić information content (AvgIpc) is 3.15. The van der Waals surface area contributed by atoms with Crippen LogP contribution in [0.4, 0.5) is 5.82 Å². The molecule has 0 saturated carbocycles. The molecule has 3 heterocycles. The van der Waals surface area contributed by atoms with Gasteiger partial charge in [0.1, 0.15) is 5.82 Å². The van der Waals surface area contributed by atoms with Gasteiger partial charge in [0.25, 0.3) is 0 Å². The highest BCUT2D eigenvalue weighted by atomic mass is 32.1. The van der Waals surface area contributed by atoms with Crippen molar-refractivity contribution in [2.75, 3.05) is 24.7 Å². The maximum Gasteiger partial charge on any atom is 0.172 e. The van der Waals surface area contributed by atoms with Gasteiger partial charge in [-0.2, -0.15) is 0 Å². The van der Waals surface area contributed by atoms with E-state index in [2.05, 4.69) is 41.5 Å². The summed E-state index contributed by atoms with van der Waals surface area (Å²) >= 11 is 1.68. The number of rotatable bonds is 3. The summed E-state index contributed by atoms with van der Waals surface area (Å²) in [4.78, 5) is 13.2. The quantitative estimate of drug-likeness (QED) is 0.730. The minimum atomic E-state index is 0.373. The number of benzene rings is 1. The number of thiophene rings is 1. The van der Waals surface area contributed by atoms with Gasteiger partial charge in [0.15, 0.2) is 5.82 Å². The first-order chi connectivity index (χ1) is 11.4. The number of nitrogens with zero attached hydrogens (tertiary/aromatic N) is 3. The van der Waals surface area contributed by atoms with Crippen molar-refractivity contribution in [2.45, 2.75) is 19.4 Å². The molecule has 1 saturated heterocycles. The highest BCUT2D eigenvalue weighted by Gasteiger charge is 2.25. The van der Waals surface area contributed by atoms with Crippen molar-refractivity contribution in [1.82, 2.24) is 9.97 Å². The third-order valence-electron chi connectivity index (χ3n) is 4.30. The minimum absolute atomic E-state index is 0.373. The van der Waals surface area contributed by atoms with E-state index < -0.39 is 0 Å². The number of ether oxygens (including phenoxy) is 1. The maximum atomic E-state index is 5.66. The molecular formula is C18H19N3OS. The van der Waals surface area contributed by atoms with E-state index in [0.717, 1.165) is 53.6 Å². The number of fused-ring (bicyclic) bond motifs is 1. The van der Waals surface area contributed by atoms with Gasteiger partial charge in [-0.05, 0) is 30.0 Å². The number of aromatic nitrogens is 2.